The fourth-order valence-electron chi connectivity index (χ4n) is 1.00. The highest BCUT2D eigenvalue weighted by Gasteiger charge is 2.67. The molecule has 0 bridgehead atoms. The Balaban J connectivity index is 3.43. The van der Waals surface area contributed by atoms with Crippen molar-refractivity contribution in [3.63, 3.8) is 0 Å². The maximum Gasteiger partial charge on any atom is 0.469 e. The first-order valence-electron chi connectivity index (χ1n) is 4.19. The molecule has 1 aromatic rings. The van der Waals surface area contributed by atoms with Crippen LogP contribution in [-0.4, -0.2) is 25.0 Å². The van der Waals surface area contributed by atoms with Crippen LogP contribution >= 0.6 is 0 Å². The van der Waals surface area contributed by atoms with Crippen LogP contribution in [0, 0.1) is 0 Å². The zero-order valence-corrected chi connectivity index (χ0v) is 9.19. The molecule has 1 rings (SSSR count). The van der Waals surface area contributed by atoms with Gasteiger partial charge < -0.3 is 10.8 Å². The highest BCUT2D eigenvalue weighted by Crippen LogP contribution is 2.43. The Morgan fingerprint density at radius 2 is 1.61 bits per heavy atom. The quantitative estimate of drug-likeness (QED) is 0.495. The van der Waals surface area contributed by atoms with Gasteiger partial charge in [0.15, 0.2) is 0 Å². The first-order chi connectivity index (χ1) is 7.91. The van der Waals surface area contributed by atoms with Gasteiger partial charge in [0.25, 0.3) is 9.84 Å². The van der Waals surface area contributed by atoms with Crippen molar-refractivity contribution >= 4 is 15.5 Å². The number of hydrogen-bond acceptors (Lipinski definition) is 4. The molecule has 0 amide bonds. The molecule has 0 aliphatic heterocycles. The van der Waals surface area contributed by atoms with Crippen LogP contribution in [0.25, 0.3) is 0 Å². The summed E-state index contributed by atoms with van der Waals surface area (Å²) >= 11 is 0. The highest BCUT2D eigenvalue weighted by atomic mass is 32.2. The lowest BCUT2D eigenvalue weighted by atomic mass is 10.3. The molecule has 4 nitrogen and oxygen atoms in total. The Morgan fingerprint density at radius 3 is 2.00 bits per heavy atom. The average molecular weight is 291 g/mol. The van der Waals surface area contributed by atoms with E-state index in [-0.39, 0.29) is 0 Å². The maximum absolute atomic E-state index is 12.8. The molecular weight excluding hydrogens is 285 g/mol. The molecule has 0 saturated carbocycles. The molecule has 10 heteroatoms. The monoisotopic (exact) mass is 291 g/mol. The number of nitrogens with two attached hydrogens (primary N) is 1. The molecule has 0 aromatic heterocycles. The summed E-state index contributed by atoms with van der Waals surface area (Å²) < 4.78 is 83.9. The molecule has 0 saturated heterocycles. The van der Waals surface area contributed by atoms with E-state index in [4.69, 9.17) is 10.8 Å². The van der Waals surface area contributed by atoms with Gasteiger partial charge in [-0.15, -0.1) is 0 Å². The van der Waals surface area contributed by atoms with Crippen LogP contribution in [0.3, 0.4) is 0 Å². The lowest BCUT2D eigenvalue weighted by molar-refractivity contribution is -0.241. The number of anilines is 1. The van der Waals surface area contributed by atoms with E-state index < -0.39 is 37.6 Å². The summed E-state index contributed by atoms with van der Waals surface area (Å²) in [6.07, 6.45) is -6.25. The predicted molar refractivity (Wildman–Crippen MR) is 50.7 cm³/mol. The van der Waals surface area contributed by atoms with Crippen LogP contribution in [0.2, 0.25) is 0 Å². The van der Waals surface area contributed by atoms with Gasteiger partial charge in [-0.1, -0.05) is 0 Å². The molecule has 0 fully saturated rings. The molecule has 18 heavy (non-hydrogen) atoms. The lowest BCUT2D eigenvalue weighted by Crippen LogP contribution is -2.43. The number of alkyl halides is 5. The van der Waals surface area contributed by atoms with Crippen LogP contribution in [-0.2, 0) is 9.84 Å². The van der Waals surface area contributed by atoms with Gasteiger partial charge in [0.2, 0.25) is 0 Å². The van der Waals surface area contributed by atoms with E-state index in [0.717, 1.165) is 0 Å². The summed E-state index contributed by atoms with van der Waals surface area (Å²) in [5.74, 6) is -0.635. The molecule has 0 unspecified atom stereocenters. The number of phenolic OH excluding ortho intramolecular Hbond substituents is 1. The van der Waals surface area contributed by atoms with Crippen LogP contribution in [0.15, 0.2) is 23.1 Å². The Bertz CT molecular complexity index is 567. The number of aromatic hydroxyl groups is 1. The first kappa shape index (κ1) is 14.5. The van der Waals surface area contributed by atoms with Gasteiger partial charge in [0, 0.05) is 0 Å². The number of sulfone groups is 1. The smallest absolute Gasteiger partial charge is 0.469 e. The predicted octanol–water partition coefficient (Wildman–Crippen LogP) is 1.90. The molecule has 0 aliphatic carbocycles. The first-order valence-corrected chi connectivity index (χ1v) is 5.67. The lowest BCUT2D eigenvalue weighted by Gasteiger charge is -2.19. The topological polar surface area (TPSA) is 80.4 Å². The van der Waals surface area contributed by atoms with Gasteiger partial charge in [0.05, 0.1) is 10.6 Å². The van der Waals surface area contributed by atoms with E-state index in [2.05, 4.69) is 0 Å². The van der Waals surface area contributed by atoms with Gasteiger partial charge in [-0.05, 0) is 18.2 Å². The molecular formula is C8H6F5NO3S. The van der Waals surface area contributed by atoms with Gasteiger partial charge in [-0.2, -0.15) is 22.0 Å². The number of phenols is 1. The largest absolute Gasteiger partial charge is 0.506 e. The summed E-state index contributed by atoms with van der Waals surface area (Å²) in [5, 5.41) is 3.00. The van der Waals surface area contributed by atoms with E-state index in [1.807, 2.05) is 0 Å². The maximum atomic E-state index is 12.8. The number of nitrogen functional groups attached to an aromatic ring is 1. The summed E-state index contributed by atoms with van der Waals surface area (Å²) in [6, 6.07) is 1.33. The van der Waals surface area contributed by atoms with Crippen LogP contribution in [0.5, 0.6) is 5.75 Å². The second-order valence-corrected chi connectivity index (χ2v) is 5.23. The van der Waals surface area contributed by atoms with Gasteiger partial charge in [0.1, 0.15) is 5.75 Å². The molecule has 0 aliphatic rings. The number of rotatable bonds is 2. The Labute approximate surface area is 97.7 Å². The molecule has 102 valence electrons. The highest BCUT2D eigenvalue weighted by molar-refractivity contribution is 7.92. The Hall–Kier alpha value is -1.58. The minimum atomic E-state index is -6.25. The van der Waals surface area contributed by atoms with Crippen molar-refractivity contribution in [1.82, 2.24) is 0 Å². The summed E-state index contributed by atoms with van der Waals surface area (Å²) in [7, 11) is -5.98. The fraction of sp³-hybridized carbons (Fsp3) is 0.250. The number of halogens is 5. The standard InChI is InChI=1S/C8H6F5NO3S/c9-7(10,11)8(12,13)18(16,17)4-1-2-6(15)5(14)3-4/h1-3,15H,14H2. The molecule has 0 atom stereocenters. The van der Waals surface area contributed by atoms with Crippen molar-refractivity contribution in [2.45, 2.75) is 16.3 Å². The van der Waals surface area contributed by atoms with E-state index in [0.29, 0.717) is 18.2 Å². The normalized spacial score (nSPS) is 13.6. The van der Waals surface area contributed by atoms with E-state index in [1.54, 1.807) is 0 Å². The third kappa shape index (κ3) is 2.07. The van der Waals surface area contributed by atoms with Crippen LogP contribution in [0.1, 0.15) is 0 Å². The SMILES string of the molecule is Nc1cc(S(=O)(=O)C(F)(F)C(F)(F)F)ccc1O. The zero-order chi connectivity index (χ0) is 14.4. The second kappa shape index (κ2) is 3.97. The van der Waals surface area contributed by atoms with Crippen molar-refractivity contribution in [2.24, 2.45) is 0 Å². The summed E-state index contributed by atoms with van der Waals surface area (Å²) in [6.45, 7) is 0. The third-order valence-corrected chi connectivity index (χ3v) is 3.76. The molecule has 0 radical (unpaired) electrons. The van der Waals surface area contributed by atoms with Crippen LogP contribution < -0.4 is 5.73 Å². The third-order valence-electron chi connectivity index (χ3n) is 1.98. The van der Waals surface area contributed by atoms with Gasteiger partial charge in [-0.25, -0.2) is 8.42 Å². The van der Waals surface area contributed by atoms with E-state index >= 15 is 0 Å². The minimum Gasteiger partial charge on any atom is -0.506 e. The van der Waals surface area contributed by atoms with E-state index in [1.165, 1.54) is 0 Å². The molecule has 3 N–H and O–H groups in total. The van der Waals surface area contributed by atoms with Crippen molar-refractivity contribution in [3.8, 4) is 5.75 Å². The van der Waals surface area contributed by atoms with Crippen molar-refractivity contribution < 1.29 is 35.5 Å². The zero-order valence-electron chi connectivity index (χ0n) is 8.37. The van der Waals surface area contributed by atoms with Crippen molar-refractivity contribution in [3.05, 3.63) is 18.2 Å². The van der Waals surface area contributed by atoms with E-state index in [9.17, 15) is 30.4 Å². The fourth-order valence-corrected chi connectivity index (χ4v) is 2.13. The molecule has 0 spiro atoms. The average Bonchev–Trinajstić information content (AvgIpc) is 2.20. The van der Waals surface area contributed by atoms with Gasteiger partial charge >= 0.3 is 11.4 Å². The second-order valence-electron chi connectivity index (χ2n) is 3.24. The number of hydrogen-bond donors (Lipinski definition) is 2. The number of benzene rings is 1. The van der Waals surface area contributed by atoms with Gasteiger partial charge in [-0.3, -0.25) is 0 Å². The molecule has 0 heterocycles. The minimum absolute atomic E-state index is 0.324. The van der Waals surface area contributed by atoms with Crippen LogP contribution in [0.4, 0.5) is 27.6 Å². The summed E-state index contributed by atoms with van der Waals surface area (Å²) in [4.78, 5) is -1.33. The Morgan fingerprint density at radius 1 is 1.11 bits per heavy atom. The van der Waals surface area contributed by atoms with Crippen molar-refractivity contribution in [2.75, 3.05) is 5.73 Å². The Kier molecular flexibility index (Phi) is 3.19. The molecule has 1 aromatic carbocycles. The summed E-state index contributed by atoms with van der Waals surface area (Å²) in [5.41, 5.74) is 4.40. The van der Waals surface area contributed by atoms with Crippen molar-refractivity contribution in [1.29, 1.82) is 0 Å².